The van der Waals surface area contributed by atoms with Gasteiger partial charge in [-0.1, -0.05) is 37.5 Å². The van der Waals surface area contributed by atoms with Crippen molar-refractivity contribution < 1.29 is 9.53 Å². The zero-order valence-corrected chi connectivity index (χ0v) is 11.8. The monoisotopic (exact) mass is 261 g/mol. The number of benzene rings is 1. The SMILES string of the molecule is Cc1ccccc1OC(C)C(=O)NC1CCCCC1. The third-order valence-electron chi connectivity index (χ3n) is 3.72. The summed E-state index contributed by atoms with van der Waals surface area (Å²) in [6.45, 7) is 3.80. The minimum atomic E-state index is -0.442. The zero-order valence-electron chi connectivity index (χ0n) is 11.8. The molecule has 0 heterocycles. The molecule has 0 spiro atoms. The maximum Gasteiger partial charge on any atom is 0.260 e. The largest absolute Gasteiger partial charge is 0.481 e. The van der Waals surface area contributed by atoms with Crippen LogP contribution in [-0.2, 0) is 4.79 Å². The lowest BCUT2D eigenvalue weighted by atomic mass is 9.95. The van der Waals surface area contributed by atoms with Gasteiger partial charge < -0.3 is 10.1 Å². The lowest BCUT2D eigenvalue weighted by molar-refractivity contribution is -0.128. The van der Waals surface area contributed by atoms with Crippen molar-refractivity contribution in [1.29, 1.82) is 0 Å². The Balaban J connectivity index is 1.87. The van der Waals surface area contributed by atoms with Gasteiger partial charge in [0.1, 0.15) is 5.75 Å². The van der Waals surface area contributed by atoms with Gasteiger partial charge in [-0.2, -0.15) is 0 Å². The number of amides is 1. The molecule has 3 nitrogen and oxygen atoms in total. The van der Waals surface area contributed by atoms with Crippen LogP contribution in [0.15, 0.2) is 24.3 Å². The van der Waals surface area contributed by atoms with Crippen LogP contribution in [0.2, 0.25) is 0 Å². The number of rotatable bonds is 4. The topological polar surface area (TPSA) is 38.3 Å². The van der Waals surface area contributed by atoms with Gasteiger partial charge in [0.05, 0.1) is 0 Å². The van der Waals surface area contributed by atoms with E-state index in [1.165, 1.54) is 19.3 Å². The second-order valence-corrected chi connectivity index (χ2v) is 5.37. The van der Waals surface area contributed by atoms with E-state index in [1.807, 2.05) is 38.1 Å². The highest BCUT2D eigenvalue weighted by molar-refractivity contribution is 5.81. The van der Waals surface area contributed by atoms with E-state index in [4.69, 9.17) is 4.74 Å². The smallest absolute Gasteiger partial charge is 0.260 e. The molecule has 1 saturated carbocycles. The molecular formula is C16H23NO2. The van der Waals surface area contributed by atoms with E-state index in [0.29, 0.717) is 6.04 Å². The highest BCUT2D eigenvalue weighted by atomic mass is 16.5. The highest BCUT2D eigenvalue weighted by Gasteiger charge is 2.20. The van der Waals surface area contributed by atoms with Gasteiger partial charge >= 0.3 is 0 Å². The molecule has 19 heavy (non-hydrogen) atoms. The standard InChI is InChI=1S/C16H23NO2/c1-12-8-6-7-11-15(12)19-13(2)16(18)17-14-9-4-3-5-10-14/h6-8,11,13-14H,3-5,9-10H2,1-2H3,(H,17,18). The van der Waals surface area contributed by atoms with Gasteiger partial charge in [-0.25, -0.2) is 0 Å². The van der Waals surface area contributed by atoms with Gasteiger partial charge in [-0.05, 0) is 38.3 Å². The number of ether oxygens (including phenoxy) is 1. The molecule has 1 atom stereocenters. The molecule has 0 aliphatic heterocycles. The Morgan fingerprint density at radius 1 is 1.26 bits per heavy atom. The summed E-state index contributed by atoms with van der Waals surface area (Å²) in [6, 6.07) is 8.12. The Bertz CT molecular complexity index is 425. The first kappa shape index (κ1) is 13.9. The fourth-order valence-corrected chi connectivity index (χ4v) is 2.50. The quantitative estimate of drug-likeness (QED) is 0.903. The van der Waals surface area contributed by atoms with E-state index in [0.717, 1.165) is 24.2 Å². The number of hydrogen-bond acceptors (Lipinski definition) is 2. The third-order valence-corrected chi connectivity index (χ3v) is 3.72. The van der Waals surface area contributed by atoms with E-state index in [9.17, 15) is 4.79 Å². The van der Waals surface area contributed by atoms with Crippen LogP contribution in [0, 0.1) is 6.92 Å². The van der Waals surface area contributed by atoms with Crippen molar-refractivity contribution in [3.05, 3.63) is 29.8 Å². The summed E-state index contributed by atoms with van der Waals surface area (Å²) in [5.41, 5.74) is 1.06. The number of aryl methyl sites for hydroxylation is 1. The number of nitrogens with one attached hydrogen (secondary N) is 1. The Kier molecular flexibility index (Phi) is 4.83. The zero-order chi connectivity index (χ0) is 13.7. The first-order valence-electron chi connectivity index (χ1n) is 7.19. The first-order chi connectivity index (χ1) is 9.16. The van der Waals surface area contributed by atoms with Gasteiger partial charge in [-0.3, -0.25) is 4.79 Å². The van der Waals surface area contributed by atoms with E-state index in [-0.39, 0.29) is 5.91 Å². The van der Waals surface area contributed by atoms with Crippen LogP contribution < -0.4 is 10.1 Å². The number of carbonyl (C=O) groups is 1. The summed E-state index contributed by atoms with van der Waals surface area (Å²) < 4.78 is 5.74. The van der Waals surface area contributed by atoms with Gasteiger partial charge in [-0.15, -0.1) is 0 Å². The fourth-order valence-electron chi connectivity index (χ4n) is 2.50. The lowest BCUT2D eigenvalue weighted by Crippen LogP contribution is -2.43. The van der Waals surface area contributed by atoms with Crippen LogP contribution in [0.25, 0.3) is 0 Å². The van der Waals surface area contributed by atoms with Crippen molar-refractivity contribution in [2.75, 3.05) is 0 Å². The van der Waals surface area contributed by atoms with E-state index >= 15 is 0 Å². The van der Waals surface area contributed by atoms with Crippen LogP contribution in [-0.4, -0.2) is 18.1 Å². The molecule has 0 radical (unpaired) electrons. The summed E-state index contributed by atoms with van der Waals surface area (Å²) >= 11 is 0. The predicted molar refractivity (Wildman–Crippen MR) is 76.3 cm³/mol. The molecule has 1 unspecified atom stereocenters. The van der Waals surface area contributed by atoms with Crippen LogP contribution in [0.4, 0.5) is 0 Å². The summed E-state index contributed by atoms with van der Waals surface area (Å²) in [7, 11) is 0. The third kappa shape index (κ3) is 3.98. The van der Waals surface area contributed by atoms with Gasteiger partial charge in [0.15, 0.2) is 6.10 Å². The molecule has 0 bridgehead atoms. The van der Waals surface area contributed by atoms with Crippen molar-refractivity contribution in [3.8, 4) is 5.75 Å². The average Bonchev–Trinajstić information content (AvgIpc) is 2.42. The normalized spacial score (nSPS) is 17.8. The molecule has 2 rings (SSSR count). The second kappa shape index (κ2) is 6.60. The van der Waals surface area contributed by atoms with E-state index in [2.05, 4.69) is 5.32 Å². The van der Waals surface area contributed by atoms with Crippen LogP contribution >= 0.6 is 0 Å². The number of para-hydroxylation sites is 1. The molecular weight excluding hydrogens is 238 g/mol. The fraction of sp³-hybridized carbons (Fsp3) is 0.562. The molecule has 1 aromatic carbocycles. The average molecular weight is 261 g/mol. The molecule has 1 N–H and O–H groups in total. The number of hydrogen-bond donors (Lipinski definition) is 1. The first-order valence-corrected chi connectivity index (χ1v) is 7.19. The molecule has 1 amide bonds. The number of carbonyl (C=O) groups excluding carboxylic acids is 1. The molecule has 1 aliphatic rings. The van der Waals surface area contributed by atoms with Gasteiger partial charge in [0, 0.05) is 6.04 Å². The lowest BCUT2D eigenvalue weighted by Gasteiger charge is -2.25. The van der Waals surface area contributed by atoms with Gasteiger partial charge in [0.25, 0.3) is 5.91 Å². The Morgan fingerprint density at radius 2 is 1.95 bits per heavy atom. The Morgan fingerprint density at radius 3 is 2.63 bits per heavy atom. The van der Waals surface area contributed by atoms with Crippen LogP contribution in [0.3, 0.4) is 0 Å². The minimum absolute atomic E-state index is 0.00449. The maximum atomic E-state index is 12.1. The van der Waals surface area contributed by atoms with Crippen molar-refractivity contribution in [2.45, 2.75) is 58.1 Å². The van der Waals surface area contributed by atoms with Crippen molar-refractivity contribution in [1.82, 2.24) is 5.32 Å². The van der Waals surface area contributed by atoms with Crippen molar-refractivity contribution in [2.24, 2.45) is 0 Å². The van der Waals surface area contributed by atoms with Crippen LogP contribution in [0.1, 0.15) is 44.6 Å². The van der Waals surface area contributed by atoms with E-state index < -0.39 is 6.10 Å². The van der Waals surface area contributed by atoms with Crippen molar-refractivity contribution in [3.63, 3.8) is 0 Å². The maximum absolute atomic E-state index is 12.1. The molecule has 1 fully saturated rings. The second-order valence-electron chi connectivity index (χ2n) is 5.37. The van der Waals surface area contributed by atoms with E-state index in [1.54, 1.807) is 0 Å². The summed E-state index contributed by atoms with van der Waals surface area (Å²) in [5.74, 6) is 0.781. The molecule has 1 aliphatic carbocycles. The summed E-state index contributed by atoms with van der Waals surface area (Å²) in [4.78, 5) is 12.1. The van der Waals surface area contributed by atoms with Crippen molar-refractivity contribution >= 4 is 5.91 Å². The minimum Gasteiger partial charge on any atom is -0.481 e. The molecule has 0 aromatic heterocycles. The Hall–Kier alpha value is -1.51. The summed E-state index contributed by atoms with van der Waals surface area (Å²) in [5, 5.41) is 3.09. The molecule has 104 valence electrons. The highest BCUT2D eigenvalue weighted by Crippen LogP contribution is 2.19. The molecule has 3 heteroatoms. The predicted octanol–water partition coefficient (Wildman–Crippen LogP) is 3.21. The summed E-state index contributed by atoms with van der Waals surface area (Å²) in [6.07, 6.45) is 5.49. The Labute approximate surface area is 115 Å². The molecule has 0 saturated heterocycles. The molecule has 1 aromatic rings. The van der Waals surface area contributed by atoms with Gasteiger partial charge in [0.2, 0.25) is 0 Å². The van der Waals surface area contributed by atoms with Crippen LogP contribution in [0.5, 0.6) is 5.75 Å².